The third kappa shape index (κ3) is 3.10. The summed E-state index contributed by atoms with van der Waals surface area (Å²) in [6.45, 7) is 2.42. The van der Waals surface area contributed by atoms with Gasteiger partial charge in [0.1, 0.15) is 6.04 Å². The molecule has 0 saturated heterocycles. The first kappa shape index (κ1) is 13.3. The molecule has 0 spiro atoms. The van der Waals surface area contributed by atoms with Crippen molar-refractivity contribution in [2.75, 3.05) is 20.8 Å². The van der Waals surface area contributed by atoms with E-state index in [-0.39, 0.29) is 0 Å². The molecule has 1 rings (SSSR count). The Balaban J connectivity index is 3.00. The summed E-state index contributed by atoms with van der Waals surface area (Å²) in [7, 11) is 2.83. The topological polar surface area (TPSA) is 70.8 Å². The monoisotopic (exact) mass is 239 g/mol. The number of benzene rings is 1. The van der Waals surface area contributed by atoms with Gasteiger partial charge in [0.2, 0.25) is 0 Å². The maximum absolute atomic E-state index is 11.3. The molecule has 0 aromatic heterocycles. The second-order valence-corrected chi connectivity index (χ2v) is 3.34. The van der Waals surface area contributed by atoms with Gasteiger partial charge in [-0.3, -0.25) is 4.79 Å². The van der Waals surface area contributed by atoms with Gasteiger partial charge in [-0.25, -0.2) is 0 Å². The van der Waals surface area contributed by atoms with Crippen LogP contribution < -0.4 is 15.2 Å². The van der Waals surface area contributed by atoms with Gasteiger partial charge < -0.3 is 19.9 Å². The molecular formula is C12H17NO4. The Kier molecular flexibility index (Phi) is 4.78. The van der Waals surface area contributed by atoms with Crippen molar-refractivity contribution in [2.24, 2.45) is 5.73 Å². The number of hydrogen-bond donors (Lipinski definition) is 1. The molecule has 0 bridgehead atoms. The van der Waals surface area contributed by atoms with Gasteiger partial charge in [0.15, 0.2) is 11.5 Å². The molecule has 0 aliphatic heterocycles. The highest BCUT2D eigenvalue weighted by Crippen LogP contribution is 2.30. The minimum atomic E-state index is -0.815. The van der Waals surface area contributed by atoms with Crippen LogP contribution in [0.1, 0.15) is 18.5 Å². The highest BCUT2D eigenvalue weighted by atomic mass is 16.5. The predicted molar refractivity (Wildman–Crippen MR) is 63.1 cm³/mol. The summed E-state index contributed by atoms with van der Waals surface area (Å²) in [5.74, 6) is 0.677. The smallest absolute Gasteiger partial charge is 0.327 e. The lowest BCUT2D eigenvalue weighted by atomic mass is 10.1. The minimum Gasteiger partial charge on any atom is -0.493 e. The van der Waals surface area contributed by atoms with Crippen molar-refractivity contribution in [3.05, 3.63) is 23.8 Å². The SMILES string of the molecule is CCOc1ccc([C@H](N)C(=O)OC)cc1OC. The molecule has 5 heteroatoms. The van der Waals surface area contributed by atoms with Crippen LogP contribution in [0.25, 0.3) is 0 Å². The largest absolute Gasteiger partial charge is 0.493 e. The predicted octanol–water partition coefficient (Wildman–Crippen LogP) is 1.27. The van der Waals surface area contributed by atoms with E-state index >= 15 is 0 Å². The Bertz CT molecular complexity index is 392. The lowest BCUT2D eigenvalue weighted by Crippen LogP contribution is -2.22. The summed E-state index contributed by atoms with van der Waals surface area (Å²) in [5.41, 5.74) is 6.35. The maximum atomic E-state index is 11.3. The van der Waals surface area contributed by atoms with Crippen molar-refractivity contribution in [1.29, 1.82) is 0 Å². The summed E-state index contributed by atoms with van der Waals surface area (Å²) < 4.78 is 15.1. The van der Waals surface area contributed by atoms with Crippen LogP contribution in [-0.2, 0) is 9.53 Å². The van der Waals surface area contributed by atoms with E-state index in [4.69, 9.17) is 15.2 Å². The summed E-state index contributed by atoms with van der Waals surface area (Å²) in [6.07, 6.45) is 0. The first-order valence-corrected chi connectivity index (χ1v) is 5.28. The van der Waals surface area contributed by atoms with E-state index < -0.39 is 12.0 Å². The van der Waals surface area contributed by atoms with E-state index in [0.29, 0.717) is 23.7 Å². The van der Waals surface area contributed by atoms with Crippen LogP contribution in [0.4, 0.5) is 0 Å². The van der Waals surface area contributed by atoms with Crippen molar-refractivity contribution in [1.82, 2.24) is 0 Å². The first-order chi connectivity index (χ1) is 8.13. The zero-order valence-electron chi connectivity index (χ0n) is 10.2. The molecule has 1 aromatic carbocycles. The second-order valence-electron chi connectivity index (χ2n) is 3.34. The number of rotatable bonds is 5. The van der Waals surface area contributed by atoms with Gasteiger partial charge in [0.25, 0.3) is 0 Å². The standard InChI is InChI=1S/C12H17NO4/c1-4-17-9-6-5-8(7-10(9)15-2)11(13)12(14)16-3/h5-7,11H,4,13H2,1-3H3/t11-/m0/s1. The van der Waals surface area contributed by atoms with Crippen molar-refractivity contribution in [3.8, 4) is 11.5 Å². The van der Waals surface area contributed by atoms with Crippen LogP contribution in [-0.4, -0.2) is 26.8 Å². The quantitative estimate of drug-likeness (QED) is 0.783. The third-order valence-corrected chi connectivity index (χ3v) is 2.30. The number of carbonyl (C=O) groups is 1. The number of hydrogen-bond acceptors (Lipinski definition) is 5. The van der Waals surface area contributed by atoms with Gasteiger partial charge in [-0.15, -0.1) is 0 Å². The Morgan fingerprint density at radius 3 is 2.59 bits per heavy atom. The van der Waals surface area contributed by atoms with E-state index in [9.17, 15) is 4.79 Å². The Labute approximate surface area is 100 Å². The normalized spacial score (nSPS) is 11.8. The Hall–Kier alpha value is -1.75. The number of nitrogens with two attached hydrogens (primary N) is 1. The first-order valence-electron chi connectivity index (χ1n) is 5.28. The lowest BCUT2D eigenvalue weighted by Gasteiger charge is -2.13. The molecule has 0 heterocycles. The second kappa shape index (κ2) is 6.10. The van der Waals surface area contributed by atoms with Crippen LogP contribution >= 0.6 is 0 Å². The van der Waals surface area contributed by atoms with Gasteiger partial charge in [0.05, 0.1) is 20.8 Å². The van der Waals surface area contributed by atoms with E-state index in [1.54, 1.807) is 18.2 Å². The average molecular weight is 239 g/mol. The minimum absolute atomic E-state index is 0.490. The van der Waals surface area contributed by atoms with E-state index in [1.165, 1.54) is 14.2 Å². The molecule has 5 nitrogen and oxygen atoms in total. The fourth-order valence-electron chi connectivity index (χ4n) is 1.42. The third-order valence-electron chi connectivity index (χ3n) is 2.30. The summed E-state index contributed by atoms with van der Waals surface area (Å²) >= 11 is 0. The van der Waals surface area contributed by atoms with Crippen molar-refractivity contribution < 1.29 is 19.0 Å². The highest BCUT2D eigenvalue weighted by molar-refractivity contribution is 5.77. The maximum Gasteiger partial charge on any atom is 0.327 e. The fraction of sp³-hybridized carbons (Fsp3) is 0.417. The molecule has 94 valence electrons. The van der Waals surface area contributed by atoms with Crippen LogP contribution in [0.5, 0.6) is 11.5 Å². The Morgan fingerprint density at radius 2 is 2.06 bits per heavy atom. The van der Waals surface area contributed by atoms with Gasteiger partial charge >= 0.3 is 5.97 Å². The molecule has 0 aliphatic rings. The van der Waals surface area contributed by atoms with Crippen LogP contribution in [0.15, 0.2) is 18.2 Å². The molecule has 1 atom stereocenters. The molecule has 0 saturated carbocycles. The molecule has 1 aromatic rings. The molecule has 17 heavy (non-hydrogen) atoms. The number of carbonyl (C=O) groups excluding carboxylic acids is 1. The molecule has 0 unspecified atom stereocenters. The van der Waals surface area contributed by atoms with E-state index in [0.717, 1.165) is 0 Å². The highest BCUT2D eigenvalue weighted by Gasteiger charge is 2.18. The molecule has 0 aliphatic carbocycles. The number of methoxy groups -OCH3 is 2. The number of ether oxygens (including phenoxy) is 3. The van der Waals surface area contributed by atoms with Crippen LogP contribution in [0, 0.1) is 0 Å². The zero-order chi connectivity index (χ0) is 12.8. The van der Waals surface area contributed by atoms with E-state index in [2.05, 4.69) is 4.74 Å². The molecule has 0 radical (unpaired) electrons. The molecular weight excluding hydrogens is 222 g/mol. The average Bonchev–Trinajstić information content (AvgIpc) is 2.37. The van der Waals surface area contributed by atoms with Crippen molar-refractivity contribution in [2.45, 2.75) is 13.0 Å². The Morgan fingerprint density at radius 1 is 1.35 bits per heavy atom. The summed E-state index contributed by atoms with van der Waals surface area (Å²) in [4.78, 5) is 11.3. The van der Waals surface area contributed by atoms with E-state index in [1.807, 2.05) is 6.92 Å². The number of esters is 1. The van der Waals surface area contributed by atoms with Gasteiger partial charge in [0, 0.05) is 0 Å². The molecule has 0 amide bonds. The summed E-state index contributed by atoms with van der Waals surface area (Å²) in [6, 6.07) is 4.30. The van der Waals surface area contributed by atoms with Crippen molar-refractivity contribution >= 4 is 5.97 Å². The summed E-state index contributed by atoms with van der Waals surface area (Å²) in [5, 5.41) is 0. The van der Waals surface area contributed by atoms with Gasteiger partial charge in [-0.2, -0.15) is 0 Å². The molecule has 2 N–H and O–H groups in total. The zero-order valence-corrected chi connectivity index (χ0v) is 10.2. The fourth-order valence-corrected chi connectivity index (χ4v) is 1.42. The van der Waals surface area contributed by atoms with Crippen LogP contribution in [0.3, 0.4) is 0 Å². The molecule has 0 fully saturated rings. The van der Waals surface area contributed by atoms with Gasteiger partial charge in [-0.05, 0) is 24.6 Å². The van der Waals surface area contributed by atoms with Crippen LogP contribution in [0.2, 0.25) is 0 Å². The lowest BCUT2D eigenvalue weighted by molar-refractivity contribution is -0.142. The van der Waals surface area contributed by atoms with Gasteiger partial charge in [-0.1, -0.05) is 6.07 Å². The van der Waals surface area contributed by atoms with Crippen molar-refractivity contribution in [3.63, 3.8) is 0 Å².